The van der Waals surface area contributed by atoms with Crippen molar-refractivity contribution in [2.24, 2.45) is 4.99 Å². The van der Waals surface area contributed by atoms with Gasteiger partial charge in [0.05, 0.1) is 25.2 Å². The molecular weight excluding hydrogens is 467 g/mol. The van der Waals surface area contributed by atoms with Crippen LogP contribution in [0.4, 0.5) is 0 Å². The maximum atomic E-state index is 11.5. The molecule has 0 unspecified atom stereocenters. The Morgan fingerprint density at radius 3 is 2.58 bits per heavy atom. The third kappa shape index (κ3) is 7.67. The minimum absolute atomic E-state index is 0. The fraction of sp³-hybridized carbons (Fsp3) is 0.588. The number of guanidine groups is 1. The van der Waals surface area contributed by atoms with Gasteiger partial charge in [0, 0.05) is 38.3 Å². The summed E-state index contributed by atoms with van der Waals surface area (Å²) >= 11 is 0. The van der Waals surface area contributed by atoms with Crippen molar-refractivity contribution in [1.29, 1.82) is 0 Å². The molecule has 0 aliphatic carbocycles. The van der Waals surface area contributed by atoms with Crippen LogP contribution in [-0.4, -0.2) is 70.6 Å². The van der Waals surface area contributed by atoms with Gasteiger partial charge in [0.1, 0.15) is 5.75 Å². The third-order valence-electron chi connectivity index (χ3n) is 4.10. The van der Waals surface area contributed by atoms with Gasteiger partial charge in [-0.3, -0.25) is 4.90 Å². The first-order valence-corrected chi connectivity index (χ1v) is 10.4. The van der Waals surface area contributed by atoms with Gasteiger partial charge < -0.3 is 15.4 Å². The quantitative estimate of drug-likeness (QED) is 0.334. The summed E-state index contributed by atoms with van der Waals surface area (Å²) in [5.74, 6) is 2.10. The lowest BCUT2D eigenvalue weighted by molar-refractivity contribution is 0.299. The molecule has 1 fully saturated rings. The lowest BCUT2D eigenvalue weighted by Gasteiger charge is -2.26. The predicted molar refractivity (Wildman–Crippen MR) is 116 cm³/mol. The standard InChI is InChI=1S/C17H28N4O3S.HI/c1-3-18-17(20-14-15-6-4-5-7-16(15)24-2)19-8-9-21-10-12-25(22,23)13-11-21;/h4-7H,3,8-14H2,1-2H3,(H2,18,19,20);1H. The molecule has 7 nitrogen and oxygen atoms in total. The van der Waals surface area contributed by atoms with Gasteiger partial charge in [-0.05, 0) is 13.0 Å². The smallest absolute Gasteiger partial charge is 0.191 e. The van der Waals surface area contributed by atoms with Gasteiger partial charge in [-0.2, -0.15) is 0 Å². The lowest BCUT2D eigenvalue weighted by atomic mass is 10.2. The number of nitrogens with zero attached hydrogens (tertiary/aromatic N) is 2. The molecule has 1 aliphatic rings. The second-order valence-corrected chi connectivity index (χ2v) is 8.23. The molecule has 148 valence electrons. The molecule has 1 aromatic carbocycles. The summed E-state index contributed by atoms with van der Waals surface area (Å²) in [5, 5.41) is 6.53. The van der Waals surface area contributed by atoms with Crippen LogP contribution < -0.4 is 15.4 Å². The molecule has 0 saturated carbocycles. The highest BCUT2D eigenvalue weighted by atomic mass is 127. The summed E-state index contributed by atoms with van der Waals surface area (Å²) in [4.78, 5) is 6.76. The summed E-state index contributed by atoms with van der Waals surface area (Å²) in [7, 11) is -1.16. The van der Waals surface area contributed by atoms with Gasteiger partial charge in [-0.1, -0.05) is 18.2 Å². The zero-order valence-electron chi connectivity index (χ0n) is 15.4. The van der Waals surface area contributed by atoms with E-state index in [-0.39, 0.29) is 35.5 Å². The number of nitrogens with one attached hydrogen (secondary N) is 2. The number of halogens is 1. The monoisotopic (exact) mass is 496 g/mol. The Labute approximate surface area is 173 Å². The number of sulfone groups is 1. The fourth-order valence-corrected chi connectivity index (χ4v) is 3.92. The van der Waals surface area contributed by atoms with E-state index in [1.807, 2.05) is 31.2 Å². The Balaban J connectivity index is 0.00000338. The predicted octanol–water partition coefficient (Wildman–Crippen LogP) is 1.10. The van der Waals surface area contributed by atoms with Gasteiger partial charge in [-0.15, -0.1) is 24.0 Å². The molecule has 1 aromatic rings. The molecule has 0 amide bonds. The average molecular weight is 496 g/mol. The molecule has 2 N–H and O–H groups in total. The number of methoxy groups -OCH3 is 1. The van der Waals surface area contributed by atoms with Crippen molar-refractivity contribution in [2.45, 2.75) is 13.5 Å². The topological polar surface area (TPSA) is 83.0 Å². The highest BCUT2D eigenvalue weighted by Crippen LogP contribution is 2.17. The molecule has 0 spiro atoms. The molecule has 1 saturated heterocycles. The number of ether oxygens (including phenoxy) is 1. The number of hydrogen-bond donors (Lipinski definition) is 2. The van der Waals surface area contributed by atoms with Crippen molar-refractivity contribution in [3.8, 4) is 5.75 Å². The average Bonchev–Trinajstić information content (AvgIpc) is 2.61. The summed E-state index contributed by atoms with van der Waals surface area (Å²) in [6.07, 6.45) is 0. The van der Waals surface area contributed by atoms with E-state index in [2.05, 4.69) is 20.5 Å². The van der Waals surface area contributed by atoms with Crippen molar-refractivity contribution in [3.05, 3.63) is 29.8 Å². The maximum absolute atomic E-state index is 11.5. The van der Waals surface area contributed by atoms with E-state index >= 15 is 0 Å². The van der Waals surface area contributed by atoms with Gasteiger partial charge >= 0.3 is 0 Å². The van der Waals surface area contributed by atoms with E-state index in [1.54, 1.807) is 7.11 Å². The van der Waals surface area contributed by atoms with Crippen molar-refractivity contribution < 1.29 is 13.2 Å². The van der Waals surface area contributed by atoms with Crippen LogP contribution in [0.15, 0.2) is 29.3 Å². The Bertz CT molecular complexity index is 668. The molecule has 2 rings (SSSR count). The van der Waals surface area contributed by atoms with Crippen LogP contribution in [0.2, 0.25) is 0 Å². The maximum Gasteiger partial charge on any atom is 0.191 e. The van der Waals surface area contributed by atoms with E-state index in [0.29, 0.717) is 19.6 Å². The highest BCUT2D eigenvalue weighted by Gasteiger charge is 2.20. The van der Waals surface area contributed by atoms with E-state index in [0.717, 1.165) is 36.9 Å². The largest absolute Gasteiger partial charge is 0.496 e. The third-order valence-corrected chi connectivity index (χ3v) is 5.71. The first-order chi connectivity index (χ1) is 12.0. The van der Waals surface area contributed by atoms with Gasteiger partial charge in [0.15, 0.2) is 15.8 Å². The summed E-state index contributed by atoms with van der Waals surface area (Å²) in [5.41, 5.74) is 1.03. The Hall–Kier alpha value is -1.07. The van der Waals surface area contributed by atoms with Gasteiger partial charge in [-0.25, -0.2) is 13.4 Å². The second-order valence-electron chi connectivity index (χ2n) is 5.93. The molecule has 0 radical (unpaired) electrons. The van der Waals surface area contributed by atoms with E-state index in [9.17, 15) is 8.42 Å². The summed E-state index contributed by atoms with van der Waals surface area (Å²) in [6.45, 7) is 6.07. The van der Waals surface area contributed by atoms with Crippen LogP contribution in [0.1, 0.15) is 12.5 Å². The van der Waals surface area contributed by atoms with Crippen LogP contribution in [0, 0.1) is 0 Å². The van der Waals surface area contributed by atoms with Crippen molar-refractivity contribution in [2.75, 3.05) is 51.3 Å². The van der Waals surface area contributed by atoms with Crippen LogP contribution in [0.3, 0.4) is 0 Å². The minimum atomic E-state index is -2.82. The number of aliphatic imine (C=N–C) groups is 1. The molecule has 0 bridgehead atoms. The van der Waals surface area contributed by atoms with Crippen LogP contribution in [-0.2, 0) is 16.4 Å². The number of para-hydroxylation sites is 1. The van der Waals surface area contributed by atoms with E-state index in [1.165, 1.54) is 0 Å². The number of rotatable bonds is 7. The van der Waals surface area contributed by atoms with Crippen molar-refractivity contribution in [3.63, 3.8) is 0 Å². The number of benzene rings is 1. The molecule has 9 heteroatoms. The zero-order valence-corrected chi connectivity index (χ0v) is 18.5. The first kappa shape index (κ1) is 23.0. The molecule has 1 heterocycles. The van der Waals surface area contributed by atoms with Crippen LogP contribution >= 0.6 is 24.0 Å². The fourth-order valence-electron chi connectivity index (χ4n) is 2.65. The van der Waals surface area contributed by atoms with Gasteiger partial charge in [0.25, 0.3) is 0 Å². The van der Waals surface area contributed by atoms with Crippen LogP contribution in [0.25, 0.3) is 0 Å². The van der Waals surface area contributed by atoms with E-state index < -0.39 is 9.84 Å². The first-order valence-electron chi connectivity index (χ1n) is 8.61. The minimum Gasteiger partial charge on any atom is -0.496 e. The normalized spacial score (nSPS) is 17.2. The van der Waals surface area contributed by atoms with Crippen LogP contribution in [0.5, 0.6) is 5.75 Å². The molecule has 1 aliphatic heterocycles. The molecular formula is C17H29IN4O3S. The Kier molecular flexibility index (Phi) is 10.3. The SMILES string of the molecule is CCNC(=NCc1ccccc1OC)NCCN1CCS(=O)(=O)CC1.I. The number of hydrogen-bond acceptors (Lipinski definition) is 5. The second kappa shape index (κ2) is 11.6. The Morgan fingerprint density at radius 1 is 1.23 bits per heavy atom. The molecule has 0 atom stereocenters. The van der Waals surface area contributed by atoms with Gasteiger partial charge in [0.2, 0.25) is 0 Å². The summed E-state index contributed by atoms with van der Waals surface area (Å²) in [6, 6.07) is 7.84. The lowest BCUT2D eigenvalue weighted by Crippen LogP contribution is -2.45. The highest BCUT2D eigenvalue weighted by molar-refractivity contribution is 14.0. The van der Waals surface area contributed by atoms with E-state index in [4.69, 9.17) is 4.74 Å². The Morgan fingerprint density at radius 2 is 1.92 bits per heavy atom. The summed E-state index contributed by atoms with van der Waals surface area (Å²) < 4.78 is 28.3. The van der Waals surface area contributed by atoms with Crippen molar-refractivity contribution in [1.82, 2.24) is 15.5 Å². The van der Waals surface area contributed by atoms with Crippen molar-refractivity contribution >= 4 is 39.8 Å². The molecule has 0 aromatic heterocycles. The molecule has 26 heavy (non-hydrogen) atoms. The zero-order chi connectivity index (χ0) is 18.1.